The molecule has 0 bridgehead atoms. The van der Waals surface area contributed by atoms with Crippen molar-refractivity contribution in [1.82, 2.24) is 39.5 Å². The Bertz CT molecular complexity index is 2110. The number of likely N-dealkylation sites (tertiary alicyclic amines) is 1. The third kappa shape index (κ3) is 9.21. The van der Waals surface area contributed by atoms with Gasteiger partial charge in [0, 0.05) is 24.1 Å². The van der Waals surface area contributed by atoms with Crippen molar-refractivity contribution in [1.29, 1.82) is 0 Å². The van der Waals surface area contributed by atoms with E-state index in [1.54, 1.807) is 10.7 Å². The van der Waals surface area contributed by atoms with Gasteiger partial charge in [-0.05, 0) is 88.8 Å². The van der Waals surface area contributed by atoms with Crippen LogP contribution in [-0.2, 0) is 10.2 Å². The number of pyridine rings is 1. The van der Waals surface area contributed by atoms with E-state index in [-0.39, 0.29) is 36.1 Å². The summed E-state index contributed by atoms with van der Waals surface area (Å²) >= 11 is 6.50. The molecule has 2 amide bonds. The second kappa shape index (κ2) is 17.1. The second-order valence-corrected chi connectivity index (χ2v) is 15.6. The van der Waals surface area contributed by atoms with Crippen LogP contribution in [0.25, 0.3) is 11.3 Å². The lowest BCUT2D eigenvalue weighted by molar-refractivity contribution is -0.122. The number of hydrogen-bond acceptors (Lipinski definition) is 9. The van der Waals surface area contributed by atoms with E-state index in [9.17, 15) is 4.79 Å². The molecule has 2 aromatic carbocycles. The van der Waals surface area contributed by atoms with Gasteiger partial charge in [-0.2, -0.15) is 5.10 Å². The number of nitrogens with zero attached hydrogens (tertiary/aromatic N) is 7. The first kappa shape index (κ1) is 39.5. The molecule has 0 unspecified atom stereocenters. The lowest BCUT2D eigenvalue weighted by Gasteiger charge is -2.32. The van der Waals surface area contributed by atoms with Gasteiger partial charge in [-0.1, -0.05) is 56.6 Å². The summed E-state index contributed by atoms with van der Waals surface area (Å²) in [4.78, 5) is 26.5. The van der Waals surface area contributed by atoms with Crippen LogP contribution in [0.5, 0.6) is 11.5 Å². The summed E-state index contributed by atoms with van der Waals surface area (Å²) in [5.74, 6) is 2.81. The Morgan fingerprint density at radius 2 is 1.82 bits per heavy atom. The van der Waals surface area contributed by atoms with Gasteiger partial charge < -0.3 is 24.8 Å². The largest absolute Gasteiger partial charge is 0.491 e. The molecule has 3 N–H and O–H groups in total. The summed E-state index contributed by atoms with van der Waals surface area (Å²) in [5, 5.41) is 27.6. The van der Waals surface area contributed by atoms with Crippen LogP contribution in [0.4, 0.5) is 10.6 Å². The number of carbonyl (C=O) groups excluding carboxylic acids is 1. The SMILES string of the molecule is CN(C)CCOc1cc(-n2nc(C(C)(C)C)cc2NC(=O)N[C@H]2CC[C@@H](Oc3ccc4nnc([C@@H]5CCCN5C)n4c3)c3ccccc32)ccc1Cl.O=CO. The van der Waals surface area contributed by atoms with Gasteiger partial charge in [0.1, 0.15) is 30.0 Å². The van der Waals surface area contributed by atoms with Gasteiger partial charge in [0.05, 0.1) is 34.7 Å². The molecule has 55 heavy (non-hydrogen) atoms. The number of hydrogen-bond donors (Lipinski definition) is 3. The highest BCUT2D eigenvalue weighted by Crippen LogP contribution is 2.39. The fourth-order valence-electron chi connectivity index (χ4n) is 7.03. The molecule has 15 heteroatoms. The molecule has 14 nitrogen and oxygen atoms in total. The number of fused-ring (bicyclic) bond motifs is 2. The molecular weight excluding hydrogens is 722 g/mol. The molecule has 1 aliphatic carbocycles. The van der Waals surface area contributed by atoms with Crippen molar-refractivity contribution in [3.63, 3.8) is 0 Å². The first-order chi connectivity index (χ1) is 26.4. The fourth-order valence-corrected chi connectivity index (χ4v) is 7.20. The van der Waals surface area contributed by atoms with Crippen LogP contribution < -0.4 is 20.1 Å². The van der Waals surface area contributed by atoms with Gasteiger partial charge in [0.15, 0.2) is 11.5 Å². The van der Waals surface area contributed by atoms with Crippen molar-refractivity contribution in [3.05, 3.63) is 94.5 Å². The van der Waals surface area contributed by atoms with Crippen molar-refractivity contribution in [2.24, 2.45) is 0 Å². The van der Waals surface area contributed by atoms with E-state index in [4.69, 9.17) is 36.1 Å². The number of anilines is 1. The molecule has 3 atom stereocenters. The molecule has 5 aromatic rings. The van der Waals surface area contributed by atoms with Crippen LogP contribution in [0, 0.1) is 0 Å². The minimum atomic E-state index is -0.320. The molecule has 0 spiro atoms. The number of aromatic nitrogens is 5. The van der Waals surface area contributed by atoms with Crippen molar-refractivity contribution < 1.29 is 24.2 Å². The number of ether oxygens (including phenoxy) is 2. The number of nitrogens with one attached hydrogen (secondary N) is 2. The molecule has 2 aliphatic rings. The van der Waals surface area contributed by atoms with Crippen molar-refractivity contribution in [2.75, 3.05) is 46.2 Å². The molecule has 1 saturated heterocycles. The minimum absolute atomic E-state index is 0.168. The number of rotatable bonds is 10. The Kier molecular flexibility index (Phi) is 12.3. The normalized spacial score (nSPS) is 18.4. The van der Waals surface area contributed by atoms with Crippen LogP contribution in [0.15, 0.2) is 66.9 Å². The molecular formula is C40H50ClN9O5. The second-order valence-electron chi connectivity index (χ2n) is 15.2. The number of likely N-dealkylation sites (N-methyl/N-ethyl adjacent to an activating group) is 1. The number of halogens is 1. The summed E-state index contributed by atoms with van der Waals surface area (Å²) in [6, 6.07) is 19.3. The minimum Gasteiger partial charge on any atom is -0.491 e. The summed E-state index contributed by atoms with van der Waals surface area (Å²) in [6.07, 6.45) is 5.49. The molecule has 3 aromatic heterocycles. The maximum atomic E-state index is 13.7. The quantitative estimate of drug-likeness (QED) is 0.126. The van der Waals surface area contributed by atoms with Gasteiger partial charge in [-0.25, -0.2) is 9.48 Å². The maximum Gasteiger partial charge on any atom is 0.320 e. The Balaban J connectivity index is 0.00000166. The summed E-state index contributed by atoms with van der Waals surface area (Å²) in [6.45, 7) is 8.32. The summed E-state index contributed by atoms with van der Waals surface area (Å²) in [5.41, 5.74) is 4.21. The Labute approximate surface area is 326 Å². The van der Waals surface area contributed by atoms with Crippen LogP contribution in [0.3, 0.4) is 0 Å². The topological polar surface area (TPSA) is 151 Å². The standard InChI is InChI=1S/C39H48ClN9O3.CH2O2/c1-39(2,3)34-23-36(49(45-34)25-13-15-29(40)33(22-25)51-21-20-46(4)5)42-38(50)41-30-16-17-32(28-11-8-7-10-27(28)30)52-26-14-18-35-43-44-37(48(35)24-26)31-12-9-19-47(31)6;2-1-3/h7-8,10-11,13-15,18,22-24,30-32H,9,12,16-17,19-21H2,1-6H3,(H2,41,42,50);1H,(H,2,3)/t30-,31-,32+;/m0./s1. The number of benzene rings is 2. The van der Waals surface area contributed by atoms with E-state index >= 15 is 0 Å². The molecule has 0 radical (unpaired) electrons. The highest BCUT2D eigenvalue weighted by atomic mass is 35.5. The Hall–Kier alpha value is -5.18. The first-order valence-electron chi connectivity index (χ1n) is 18.5. The number of carboxylic acid groups (broad SMARTS) is 1. The molecule has 292 valence electrons. The molecule has 4 heterocycles. The smallest absolute Gasteiger partial charge is 0.320 e. The third-order valence-corrected chi connectivity index (χ3v) is 10.2. The van der Waals surface area contributed by atoms with Crippen LogP contribution >= 0.6 is 11.6 Å². The zero-order valence-corrected chi connectivity index (χ0v) is 33.0. The molecule has 1 fully saturated rings. The predicted molar refractivity (Wildman–Crippen MR) is 212 cm³/mol. The first-order valence-corrected chi connectivity index (χ1v) is 18.9. The highest BCUT2D eigenvalue weighted by Gasteiger charge is 2.31. The van der Waals surface area contributed by atoms with E-state index < -0.39 is 0 Å². The number of amides is 2. The van der Waals surface area contributed by atoms with Crippen LogP contribution in [-0.4, -0.2) is 92.6 Å². The van der Waals surface area contributed by atoms with Crippen molar-refractivity contribution in [3.8, 4) is 17.2 Å². The highest BCUT2D eigenvalue weighted by molar-refractivity contribution is 6.32. The van der Waals surface area contributed by atoms with Gasteiger partial charge in [-0.15, -0.1) is 10.2 Å². The summed E-state index contributed by atoms with van der Waals surface area (Å²) < 4.78 is 16.4. The lowest BCUT2D eigenvalue weighted by atomic mass is 9.85. The van der Waals surface area contributed by atoms with E-state index in [1.807, 2.05) is 67.7 Å². The van der Waals surface area contributed by atoms with Crippen LogP contribution in [0.2, 0.25) is 5.02 Å². The molecule has 0 saturated carbocycles. The van der Waals surface area contributed by atoms with Crippen molar-refractivity contribution >= 4 is 35.6 Å². The van der Waals surface area contributed by atoms with Gasteiger partial charge in [0.25, 0.3) is 6.47 Å². The maximum absolute atomic E-state index is 13.7. The fraction of sp³-hybridized carbons (Fsp3) is 0.425. The van der Waals surface area contributed by atoms with E-state index in [0.29, 0.717) is 29.6 Å². The van der Waals surface area contributed by atoms with Gasteiger partial charge in [0.2, 0.25) is 0 Å². The van der Waals surface area contributed by atoms with E-state index in [0.717, 1.165) is 72.1 Å². The van der Waals surface area contributed by atoms with Gasteiger partial charge in [-0.3, -0.25) is 19.4 Å². The average Bonchev–Trinajstić information content (AvgIpc) is 3.88. The van der Waals surface area contributed by atoms with E-state index in [2.05, 4.69) is 70.1 Å². The zero-order valence-electron chi connectivity index (χ0n) is 32.2. The number of urea groups is 1. The van der Waals surface area contributed by atoms with Gasteiger partial charge >= 0.3 is 6.03 Å². The van der Waals surface area contributed by atoms with Crippen LogP contribution in [0.1, 0.15) is 87.3 Å². The monoisotopic (exact) mass is 771 g/mol. The predicted octanol–water partition coefficient (Wildman–Crippen LogP) is 7.05. The molecule has 1 aliphatic heterocycles. The average molecular weight is 772 g/mol. The number of carbonyl (C=O) groups is 2. The third-order valence-electron chi connectivity index (χ3n) is 9.91. The Morgan fingerprint density at radius 3 is 2.53 bits per heavy atom. The Morgan fingerprint density at radius 1 is 1.05 bits per heavy atom. The van der Waals surface area contributed by atoms with Crippen molar-refractivity contribution in [2.45, 2.75) is 70.1 Å². The summed E-state index contributed by atoms with van der Waals surface area (Å²) in [7, 11) is 6.12. The lowest BCUT2D eigenvalue weighted by Crippen LogP contribution is -2.36. The zero-order chi connectivity index (χ0) is 39.3. The molecule has 7 rings (SSSR count). The van der Waals surface area contributed by atoms with E-state index in [1.165, 1.54) is 0 Å².